The second kappa shape index (κ2) is 10.6. The Kier molecular flexibility index (Phi) is 7.11. The molecule has 3 aromatic rings. The quantitative estimate of drug-likeness (QED) is 0.144. The lowest BCUT2D eigenvalue weighted by atomic mass is 10.0. The van der Waals surface area contributed by atoms with E-state index in [4.69, 9.17) is 10.6 Å². The Morgan fingerprint density at radius 3 is 2.79 bits per heavy atom. The van der Waals surface area contributed by atoms with Gasteiger partial charge < -0.3 is 21.0 Å². The van der Waals surface area contributed by atoms with E-state index in [0.717, 1.165) is 11.3 Å². The van der Waals surface area contributed by atoms with Gasteiger partial charge in [0.05, 0.1) is 0 Å². The summed E-state index contributed by atoms with van der Waals surface area (Å²) in [6.07, 6.45) is 5.40. The Balaban J connectivity index is 1.32. The fourth-order valence-corrected chi connectivity index (χ4v) is 5.96. The number of amides is 2. The molecule has 3 aromatic heterocycles. The van der Waals surface area contributed by atoms with E-state index in [9.17, 15) is 19.5 Å². The Labute approximate surface area is 224 Å². The molecule has 0 saturated carbocycles. The Morgan fingerprint density at radius 2 is 2.13 bits per heavy atom. The van der Waals surface area contributed by atoms with Crippen molar-refractivity contribution in [2.24, 2.45) is 12.2 Å². The summed E-state index contributed by atoms with van der Waals surface area (Å²) in [5.74, 6) is -2.01. The van der Waals surface area contributed by atoms with Gasteiger partial charge in [0.15, 0.2) is 36.4 Å². The van der Waals surface area contributed by atoms with Crippen LogP contribution in [0.2, 0.25) is 0 Å². The van der Waals surface area contributed by atoms with Crippen LogP contribution in [0.5, 0.6) is 0 Å². The van der Waals surface area contributed by atoms with Gasteiger partial charge in [-0.2, -0.15) is 5.10 Å². The van der Waals surface area contributed by atoms with E-state index in [2.05, 4.69) is 20.6 Å². The maximum absolute atomic E-state index is 13.2. The van der Waals surface area contributed by atoms with Crippen molar-refractivity contribution in [1.82, 2.24) is 25.0 Å². The Morgan fingerprint density at radius 1 is 1.34 bits per heavy atom. The van der Waals surface area contributed by atoms with E-state index in [-0.39, 0.29) is 28.8 Å². The van der Waals surface area contributed by atoms with E-state index < -0.39 is 29.2 Å². The van der Waals surface area contributed by atoms with Gasteiger partial charge in [-0.25, -0.2) is 14.3 Å². The zero-order chi connectivity index (χ0) is 26.8. The van der Waals surface area contributed by atoms with Gasteiger partial charge in [-0.1, -0.05) is 11.2 Å². The number of nitrogens with two attached hydrogens (primary N) is 1. The number of thioether (sulfide) groups is 1. The monoisotopic (exact) mass is 555 g/mol. The number of anilines is 1. The number of carbonyl (C=O) groups excluding carboxylic acids is 2. The minimum atomic E-state index is -1.19. The molecule has 13 nitrogen and oxygen atoms in total. The maximum atomic E-state index is 13.2. The SMILES string of the molecule is Cn1ccc(CON=C(C(=O)N[C@@H]2C(=O)N3C(C(=O)O)=C(C[n+]4ccccc4)CS[C@@H]23)c2csc(N)n2)n1. The van der Waals surface area contributed by atoms with Crippen molar-refractivity contribution < 1.29 is 28.9 Å². The number of aliphatic carboxylic acids is 1. The molecule has 5 heterocycles. The average Bonchev–Trinajstić information content (AvgIpc) is 3.52. The number of hydrogen-bond acceptors (Lipinski definition) is 10. The van der Waals surface area contributed by atoms with Crippen LogP contribution < -0.4 is 15.6 Å². The molecule has 0 aromatic carbocycles. The van der Waals surface area contributed by atoms with Crippen LogP contribution in [-0.4, -0.2) is 65.4 Å². The Bertz CT molecular complexity index is 1450. The van der Waals surface area contributed by atoms with E-state index in [0.29, 0.717) is 23.6 Å². The van der Waals surface area contributed by atoms with Crippen molar-refractivity contribution in [3.8, 4) is 0 Å². The normalized spacial score (nSPS) is 19.1. The third kappa shape index (κ3) is 5.10. The van der Waals surface area contributed by atoms with Crippen LogP contribution in [0.3, 0.4) is 0 Å². The summed E-state index contributed by atoms with van der Waals surface area (Å²) >= 11 is 2.51. The van der Waals surface area contributed by atoms with Gasteiger partial charge in [0, 0.05) is 42.1 Å². The fraction of sp³-hybridized carbons (Fsp3) is 0.261. The fourth-order valence-electron chi connectivity index (χ4n) is 4.08. The van der Waals surface area contributed by atoms with Crippen molar-refractivity contribution in [1.29, 1.82) is 0 Å². The van der Waals surface area contributed by atoms with Crippen molar-refractivity contribution in [2.45, 2.75) is 24.6 Å². The topological polar surface area (TPSA) is 169 Å². The number of pyridine rings is 1. The molecule has 2 aliphatic rings. The number of carboxylic acid groups (broad SMARTS) is 1. The van der Waals surface area contributed by atoms with Crippen molar-refractivity contribution >= 4 is 51.7 Å². The predicted molar refractivity (Wildman–Crippen MR) is 137 cm³/mol. The highest BCUT2D eigenvalue weighted by molar-refractivity contribution is 8.00. The largest absolute Gasteiger partial charge is 0.477 e. The molecule has 15 heteroatoms. The summed E-state index contributed by atoms with van der Waals surface area (Å²) < 4.78 is 3.45. The van der Waals surface area contributed by atoms with Gasteiger partial charge in [-0.15, -0.1) is 23.1 Å². The highest BCUT2D eigenvalue weighted by Crippen LogP contribution is 2.40. The van der Waals surface area contributed by atoms with Gasteiger partial charge in [0.25, 0.3) is 11.8 Å². The number of thiazole rings is 1. The third-order valence-corrected chi connectivity index (χ3v) is 7.82. The predicted octanol–water partition coefficient (Wildman–Crippen LogP) is 0.106. The van der Waals surface area contributed by atoms with Crippen molar-refractivity contribution in [3.63, 3.8) is 0 Å². The van der Waals surface area contributed by atoms with Crippen LogP contribution in [0.25, 0.3) is 0 Å². The number of nitrogens with zero attached hydrogens (tertiary/aromatic N) is 6. The molecule has 38 heavy (non-hydrogen) atoms. The van der Waals surface area contributed by atoms with Gasteiger partial charge >= 0.3 is 5.97 Å². The van der Waals surface area contributed by atoms with Crippen molar-refractivity contribution in [3.05, 3.63) is 70.9 Å². The molecule has 0 aliphatic carbocycles. The van der Waals surface area contributed by atoms with E-state index >= 15 is 0 Å². The summed E-state index contributed by atoms with van der Waals surface area (Å²) in [6, 6.07) is 6.35. The minimum Gasteiger partial charge on any atom is -0.477 e. The zero-order valence-electron chi connectivity index (χ0n) is 20.1. The van der Waals surface area contributed by atoms with Crippen molar-refractivity contribution in [2.75, 3.05) is 11.5 Å². The molecule has 5 rings (SSSR count). The standard InChI is InChI=1S/C23H22N8O5S2/c1-29-8-5-14(27-29)10-36-28-16(15-12-38-23(24)25-15)19(32)26-17-20(33)31-18(22(34)35)13(11-37-21(17)31)9-30-6-3-2-4-7-30/h2-8,12,17,21H,9-11H2,1H3,(H3-,24,25,26,32,34,35)/p+1/t17-,21+/m1/s1. The Hall–Kier alpha value is -4.24. The molecular weight excluding hydrogens is 532 g/mol. The summed E-state index contributed by atoms with van der Waals surface area (Å²) in [7, 11) is 1.76. The molecule has 196 valence electrons. The molecule has 2 aliphatic heterocycles. The molecule has 4 N–H and O–H groups in total. The molecule has 1 saturated heterocycles. The minimum absolute atomic E-state index is 0.0147. The first-order valence-electron chi connectivity index (χ1n) is 11.4. The first-order chi connectivity index (χ1) is 18.3. The number of oxime groups is 1. The van der Waals surface area contributed by atoms with Crippen LogP contribution in [0.4, 0.5) is 5.13 Å². The maximum Gasteiger partial charge on any atom is 0.352 e. The molecule has 0 spiro atoms. The number of rotatable bonds is 9. The number of fused-ring (bicyclic) bond motifs is 1. The first-order valence-corrected chi connectivity index (χ1v) is 13.3. The van der Waals surface area contributed by atoms with Gasteiger partial charge in [0.1, 0.15) is 28.5 Å². The zero-order valence-corrected chi connectivity index (χ0v) is 21.7. The van der Waals surface area contributed by atoms with Gasteiger partial charge in [-0.3, -0.25) is 19.2 Å². The lowest BCUT2D eigenvalue weighted by Gasteiger charge is -2.49. The lowest BCUT2D eigenvalue weighted by Crippen LogP contribution is -2.71. The van der Waals surface area contributed by atoms with E-state index in [1.807, 2.05) is 35.2 Å². The number of hydrogen-bond donors (Lipinski definition) is 3. The average molecular weight is 556 g/mol. The summed E-state index contributed by atoms with van der Waals surface area (Å²) in [6.45, 7) is 0.347. The number of carbonyl (C=O) groups is 3. The molecule has 0 bridgehead atoms. The molecule has 0 radical (unpaired) electrons. The summed E-state index contributed by atoms with van der Waals surface area (Å²) in [5, 5.41) is 22.0. The highest BCUT2D eigenvalue weighted by atomic mass is 32.2. The van der Waals surface area contributed by atoms with Gasteiger partial charge in [0.2, 0.25) is 0 Å². The van der Waals surface area contributed by atoms with E-state index in [1.165, 1.54) is 16.7 Å². The second-order valence-electron chi connectivity index (χ2n) is 8.43. The van der Waals surface area contributed by atoms with Gasteiger partial charge in [-0.05, 0) is 6.07 Å². The summed E-state index contributed by atoms with van der Waals surface area (Å²) in [5.41, 5.74) is 6.94. The number of carboxylic acids is 1. The number of aromatic nitrogens is 4. The number of aryl methyl sites for hydroxylation is 1. The number of β-lactam (4-membered cyclic amide) rings is 1. The van der Waals surface area contributed by atoms with Crippen LogP contribution in [0.15, 0.2) is 64.7 Å². The molecule has 2 amide bonds. The van der Waals surface area contributed by atoms with Crippen LogP contribution >= 0.6 is 23.1 Å². The third-order valence-electron chi connectivity index (χ3n) is 5.80. The van der Waals surface area contributed by atoms with E-state index in [1.54, 1.807) is 29.4 Å². The van der Waals surface area contributed by atoms with Crippen LogP contribution in [-0.2, 0) is 39.4 Å². The second-order valence-corrected chi connectivity index (χ2v) is 10.4. The first kappa shape index (κ1) is 25.4. The number of nitrogens with one attached hydrogen (secondary N) is 1. The summed E-state index contributed by atoms with van der Waals surface area (Å²) in [4.78, 5) is 49.1. The van der Waals surface area contributed by atoms with Crippen LogP contribution in [0, 0.1) is 0 Å². The molecule has 2 atom stereocenters. The highest BCUT2D eigenvalue weighted by Gasteiger charge is 2.54. The van der Waals surface area contributed by atoms with Crippen LogP contribution in [0.1, 0.15) is 11.4 Å². The smallest absolute Gasteiger partial charge is 0.352 e. The molecule has 1 fully saturated rings. The lowest BCUT2D eigenvalue weighted by molar-refractivity contribution is -0.689. The molecule has 0 unspecified atom stereocenters. The molecular formula is C23H23N8O5S2+. The number of nitrogen functional groups attached to an aromatic ring is 1.